The summed E-state index contributed by atoms with van der Waals surface area (Å²) in [6.45, 7) is 3.43. The highest BCUT2D eigenvalue weighted by Gasteiger charge is 2.21. The fraction of sp³-hybridized carbons (Fsp3) is 0.261. The van der Waals surface area contributed by atoms with Crippen LogP contribution in [-0.4, -0.2) is 59.1 Å². The SMILES string of the molecule is COc1ccc(-c2noc(CN3CCN(C(=O)C=Cc4cccc(Br)c4)CC3)n2)cc1. The van der Waals surface area contributed by atoms with E-state index in [4.69, 9.17) is 9.26 Å². The molecule has 8 heteroatoms. The molecule has 0 spiro atoms. The molecule has 1 aliphatic rings. The van der Waals surface area contributed by atoms with Gasteiger partial charge in [-0.1, -0.05) is 33.2 Å². The smallest absolute Gasteiger partial charge is 0.246 e. The first-order valence-electron chi connectivity index (χ1n) is 10.0. The minimum Gasteiger partial charge on any atom is -0.497 e. The molecule has 0 saturated carbocycles. The maximum absolute atomic E-state index is 12.5. The zero-order valence-electron chi connectivity index (χ0n) is 17.2. The quantitative estimate of drug-likeness (QED) is 0.496. The van der Waals surface area contributed by atoms with E-state index in [2.05, 4.69) is 31.0 Å². The van der Waals surface area contributed by atoms with Crippen molar-refractivity contribution >= 4 is 27.9 Å². The molecule has 0 aliphatic carbocycles. The Morgan fingerprint density at radius 2 is 1.94 bits per heavy atom. The minimum absolute atomic E-state index is 0.0270. The van der Waals surface area contributed by atoms with E-state index in [9.17, 15) is 4.79 Å². The van der Waals surface area contributed by atoms with Gasteiger partial charge in [-0.2, -0.15) is 4.98 Å². The Labute approximate surface area is 189 Å². The predicted molar refractivity (Wildman–Crippen MR) is 121 cm³/mol. The summed E-state index contributed by atoms with van der Waals surface area (Å²) in [5.74, 6) is 1.94. The second kappa shape index (κ2) is 9.89. The molecule has 0 radical (unpaired) electrons. The summed E-state index contributed by atoms with van der Waals surface area (Å²) in [6.07, 6.45) is 3.48. The molecule has 1 aliphatic heterocycles. The molecule has 7 nitrogen and oxygen atoms in total. The van der Waals surface area contributed by atoms with Crippen LogP contribution < -0.4 is 4.74 Å². The van der Waals surface area contributed by atoms with E-state index >= 15 is 0 Å². The third kappa shape index (κ3) is 5.59. The van der Waals surface area contributed by atoms with Crippen LogP contribution in [0, 0.1) is 0 Å². The number of benzene rings is 2. The molecule has 1 amide bonds. The number of nitrogens with zero attached hydrogens (tertiary/aromatic N) is 4. The number of piperazine rings is 1. The largest absolute Gasteiger partial charge is 0.497 e. The molecular formula is C23H23BrN4O3. The highest BCUT2D eigenvalue weighted by Crippen LogP contribution is 2.20. The third-order valence-electron chi connectivity index (χ3n) is 5.13. The second-order valence-corrected chi connectivity index (χ2v) is 8.15. The van der Waals surface area contributed by atoms with Gasteiger partial charge in [0.1, 0.15) is 5.75 Å². The fourth-order valence-electron chi connectivity index (χ4n) is 3.38. The molecule has 4 rings (SSSR count). The molecule has 0 N–H and O–H groups in total. The van der Waals surface area contributed by atoms with Gasteiger partial charge in [-0.25, -0.2) is 0 Å². The lowest BCUT2D eigenvalue weighted by Crippen LogP contribution is -2.47. The first kappa shape index (κ1) is 21.3. The van der Waals surface area contributed by atoms with Crippen molar-refractivity contribution in [2.24, 2.45) is 0 Å². The van der Waals surface area contributed by atoms with Gasteiger partial charge in [-0.3, -0.25) is 9.69 Å². The summed E-state index contributed by atoms with van der Waals surface area (Å²) in [4.78, 5) is 21.1. The van der Waals surface area contributed by atoms with Crippen LogP contribution in [-0.2, 0) is 11.3 Å². The molecule has 1 aromatic heterocycles. The van der Waals surface area contributed by atoms with Crippen molar-refractivity contribution < 1.29 is 14.1 Å². The number of carbonyl (C=O) groups is 1. The molecule has 2 aromatic carbocycles. The summed E-state index contributed by atoms with van der Waals surface area (Å²) in [6, 6.07) is 15.4. The van der Waals surface area contributed by atoms with Crippen LogP contribution in [0.25, 0.3) is 17.5 Å². The number of carbonyl (C=O) groups excluding carboxylic acids is 1. The molecule has 1 saturated heterocycles. The van der Waals surface area contributed by atoms with Crippen molar-refractivity contribution in [1.82, 2.24) is 19.9 Å². The summed E-state index contributed by atoms with van der Waals surface area (Å²) >= 11 is 3.44. The van der Waals surface area contributed by atoms with E-state index in [1.807, 2.05) is 59.5 Å². The van der Waals surface area contributed by atoms with Crippen LogP contribution in [0.15, 0.2) is 63.6 Å². The minimum atomic E-state index is 0.0270. The van der Waals surface area contributed by atoms with Gasteiger partial charge < -0.3 is 14.2 Å². The van der Waals surface area contributed by atoms with Crippen LogP contribution >= 0.6 is 15.9 Å². The number of hydrogen-bond donors (Lipinski definition) is 0. The zero-order valence-corrected chi connectivity index (χ0v) is 18.8. The average Bonchev–Trinajstić information content (AvgIpc) is 3.26. The molecule has 0 unspecified atom stereocenters. The molecule has 1 fully saturated rings. The van der Waals surface area contributed by atoms with Crippen molar-refractivity contribution in [3.05, 3.63) is 70.5 Å². The van der Waals surface area contributed by atoms with Crippen molar-refractivity contribution in [3.63, 3.8) is 0 Å². The number of halogens is 1. The van der Waals surface area contributed by atoms with Crippen molar-refractivity contribution in [2.75, 3.05) is 33.3 Å². The Hall–Kier alpha value is -2.97. The highest BCUT2D eigenvalue weighted by atomic mass is 79.9. The summed E-state index contributed by atoms with van der Waals surface area (Å²) in [5.41, 5.74) is 1.87. The molecular weight excluding hydrogens is 460 g/mol. The first-order chi connectivity index (χ1) is 15.1. The number of amides is 1. The van der Waals surface area contributed by atoms with Gasteiger partial charge in [0, 0.05) is 42.3 Å². The topological polar surface area (TPSA) is 71.7 Å². The Morgan fingerprint density at radius 1 is 1.16 bits per heavy atom. The van der Waals surface area contributed by atoms with E-state index in [1.165, 1.54) is 0 Å². The number of methoxy groups -OCH3 is 1. The van der Waals surface area contributed by atoms with Gasteiger partial charge in [0.2, 0.25) is 17.6 Å². The molecule has 0 bridgehead atoms. The van der Waals surface area contributed by atoms with Gasteiger partial charge in [0.25, 0.3) is 0 Å². The van der Waals surface area contributed by atoms with E-state index in [0.29, 0.717) is 31.3 Å². The van der Waals surface area contributed by atoms with Gasteiger partial charge in [-0.15, -0.1) is 0 Å². The lowest BCUT2D eigenvalue weighted by Gasteiger charge is -2.33. The Balaban J connectivity index is 1.28. The van der Waals surface area contributed by atoms with E-state index in [0.717, 1.165) is 34.4 Å². The fourth-order valence-corrected chi connectivity index (χ4v) is 3.79. The maximum Gasteiger partial charge on any atom is 0.246 e. The van der Waals surface area contributed by atoms with Crippen LogP contribution in [0.3, 0.4) is 0 Å². The zero-order chi connectivity index (χ0) is 21.6. The number of rotatable bonds is 6. The highest BCUT2D eigenvalue weighted by molar-refractivity contribution is 9.10. The third-order valence-corrected chi connectivity index (χ3v) is 5.62. The van der Waals surface area contributed by atoms with Crippen molar-refractivity contribution in [1.29, 1.82) is 0 Å². The maximum atomic E-state index is 12.5. The molecule has 31 heavy (non-hydrogen) atoms. The summed E-state index contributed by atoms with van der Waals surface area (Å²) in [5, 5.41) is 4.08. The molecule has 2 heterocycles. The Bertz CT molecular complexity index is 1060. The van der Waals surface area contributed by atoms with E-state index in [1.54, 1.807) is 13.2 Å². The Morgan fingerprint density at radius 3 is 2.65 bits per heavy atom. The first-order valence-corrected chi connectivity index (χ1v) is 10.8. The molecule has 3 aromatic rings. The number of hydrogen-bond acceptors (Lipinski definition) is 6. The van der Waals surface area contributed by atoms with Gasteiger partial charge in [0.15, 0.2) is 0 Å². The lowest BCUT2D eigenvalue weighted by molar-refractivity contribution is -0.127. The molecule has 0 atom stereocenters. The van der Waals surface area contributed by atoms with E-state index in [-0.39, 0.29) is 5.91 Å². The van der Waals surface area contributed by atoms with Gasteiger partial charge in [-0.05, 0) is 48.0 Å². The van der Waals surface area contributed by atoms with Crippen LogP contribution in [0.1, 0.15) is 11.5 Å². The number of ether oxygens (including phenoxy) is 1. The summed E-state index contributed by atoms with van der Waals surface area (Å²) < 4.78 is 11.6. The van der Waals surface area contributed by atoms with Crippen molar-refractivity contribution in [3.8, 4) is 17.1 Å². The van der Waals surface area contributed by atoms with Crippen LogP contribution in [0.5, 0.6) is 5.75 Å². The average molecular weight is 483 g/mol. The normalized spacial score (nSPS) is 14.8. The van der Waals surface area contributed by atoms with Gasteiger partial charge >= 0.3 is 0 Å². The lowest BCUT2D eigenvalue weighted by atomic mass is 10.2. The van der Waals surface area contributed by atoms with Crippen LogP contribution in [0.4, 0.5) is 0 Å². The number of aromatic nitrogens is 2. The van der Waals surface area contributed by atoms with Gasteiger partial charge in [0.05, 0.1) is 13.7 Å². The monoisotopic (exact) mass is 482 g/mol. The Kier molecular flexibility index (Phi) is 6.79. The second-order valence-electron chi connectivity index (χ2n) is 7.23. The van der Waals surface area contributed by atoms with E-state index < -0.39 is 0 Å². The van der Waals surface area contributed by atoms with Crippen molar-refractivity contribution in [2.45, 2.75) is 6.54 Å². The summed E-state index contributed by atoms with van der Waals surface area (Å²) in [7, 11) is 1.63. The van der Waals surface area contributed by atoms with Crippen LogP contribution in [0.2, 0.25) is 0 Å². The standard InChI is InChI=1S/C23H23BrN4O3/c1-30-20-8-6-18(7-9-20)23-25-21(31-26-23)16-27-11-13-28(14-12-27)22(29)10-5-17-3-2-4-19(24)15-17/h2-10,15H,11-14,16H2,1H3. The predicted octanol–water partition coefficient (Wildman–Crippen LogP) is 3.87. The molecule has 160 valence electrons.